The smallest absolute Gasteiger partial charge is 0.155 e. The molecule has 0 aliphatic carbocycles. The highest BCUT2D eigenvalue weighted by Crippen LogP contribution is 2.14. The van der Waals surface area contributed by atoms with Gasteiger partial charge in [-0.1, -0.05) is 13.8 Å². The third-order valence-electron chi connectivity index (χ3n) is 2.17. The zero-order valence-electron chi connectivity index (χ0n) is 8.15. The lowest BCUT2D eigenvalue weighted by Crippen LogP contribution is -1.89. The lowest BCUT2D eigenvalue weighted by molar-refractivity contribution is 0.833. The number of aromatic nitrogens is 3. The van der Waals surface area contributed by atoms with Crippen LogP contribution in [-0.4, -0.2) is 14.4 Å². The molecule has 0 amide bonds. The molecule has 3 heteroatoms. The summed E-state index contributed by atoms with van der Waals surface area (Å²) in [7, 11) is 0. The Hall–Kier alpha value is -1.38. The largest absolute Gasteiger partial charge is 0.301 e. The van der Waals surface area contributed by atoms with E-state index in [1.165, 1.54) is 0 Å². The molecule has 2 rings (SSSR count). The van der Waals surface area contributed by atoms with Gasteiger partial charge in [-0.15, -0.1) is 0 Å². The fourth-order valence-electron chi connectivity index (χ4n) is 1.34. The molecule has 2 aromatic rings. The zero-order valence-corrected chi connectivity index (χ0v) is 8.15. The Morgan fingerprint density at radius 3 is 2.69 bits per heavy atom. The van der Waals surface area contributed by atoms with E-state index in [0.29, 0.717) is 5.92 Å². The van der Waals surface area contributed by atoms with E-state index in [9.17, 15) is 0 Å². The average Bonchev–Trinajstić information content (AvgIpc) is 2.49. The van der Waals surface area contributed by atoms with Crippen molar-refractivity contribution in [2.75, 3.05) is 0 Å². The predicted octanol–water partition coefficient (Wildman–Crippen LogP) is 2.16. The predicted molar refractivity (Wildman–Crippen MR) is 51.8 cm³/mol. The van der Waals surface area contributed by atoms with E-state index in [2.05, 4.69) is 34.4 Å². The van der Waals surface area contributed by atoms with Crippen LogP contribution in [0.15, 0.2) is 18.6 Å². The Balaban J connectivity index is 2.68. The van der Waals surface area contributed by atoms with Crippen LogP contribution in [0, 0.1) is 6.92 Å². The van der Waals surface area contributed by atoms with Crippen LogP contribution in [0.5, 0.6) is 0 Å². The van der Waals surface area contributed by atoms with Gasteiger partial charge in [0.25, 0.3) is 0 Å². The van der Waals surface area contributed by atoms with Crippen molar-refractivity contribution in [1.82, 2.24) is 14.4 Å². The fraction of sp³-hybridized carbons (Fsp3) is 0.400. The maximum Gasteiger partial charge on any atom is 0.155 e. The van der Waals surface area contributed by atoms with Crippen LogP contribution in [0.3, 0.4) is 0 Å². The van der Waals surface area contributed by atoms with Crippen molar-refractivity contribution >= 4 is 5.65 Å². The highest BCUT2D eigenvalue weighted by Gasteiger charge is 2.05. The van der Waals surface area contributed by atoms with Gasteiger partial charge in [0.1, 0.15) is 0 Å². The van der Waals surface area contributed by atoms with Gasteiger partial charge in [-0.3, -0.25) is 4.98 Å². The van der Waals surface area contributed by atoms with Crippen LogP contribution in [0.1, 0.15) is 31.2 Å². The van der Waals surface area contributed by atoms with Gasteiger partial charge >= 0.3 is 0 Å². The van der Waals surface area contributed by atoms with Gasteiger partial charge in [0.05, 0.1) is 11.9 Å². The summed E-state index contributed by atoms with van der Waals surface area (Å²) in [6.07, 6.45) is 5.72. The van der Waals surface area contributed by atoms with Crippen molar-refractivity contribution in [3.05, 3.63) is 30.0 Å². The van der Waals surface area contributed by atoms with E-state index < -0.39 is 0 Å². The molecule has 3 nitrogen and oxygen atoms in total. The van der Waals surface area contributed by atoms with Crippen molar-refractivity contribution in [2.45, 2.75) is 26.7 Å². The normalized spacial score (nSPS) is 11.4. The standard InChI is InChI=1S/C10H13N3/c1-7(2)9-6-13-8(3)4-11-5-10(13)12-9/h4-7H,1-3H3. The van der Waals surface area contributed by atoms with Gasteiger partial charge in [-0.05, 0) is 12.8 Å². The van der Waals surface area contributed by atoms with Crippen LogP contribution in [0.4, 0.5) is 0 Å². The lowest BCUT2D eigenvalue weighted by Gasteiger charge is -1.96. The van der Waals surface area contributed by atoms with Crippen molar-refractivity contribution in [2.24, 2.45) is 0 Å². The molecule has 2 heterocycles. The van der Waals surface area contributed by atoms with Crippen LogP contribution >= 0.6 is 0 Å². The Morgan fingerprint density at radius 1 is 1.31 bits per heavy atom. The van der Waals surface area contributed by atoms with E-state index in [4.69, 9.17) is 0 Å². The fourth-order valence-corrected chi connectivity index (χ4v) is 1.34. The highest BCUT2D eigenvalue weighted by molar-refractivity contribution is 5.39. The molecule has 0 radical (unpaired) electrons. The molecular formula is C10H13N3. The average molecular weight is 175 g/mol. The van der Waals surface area contributed by atoms with Crippen LogP contribution in [0.2, 0.25) is 0 Å². The van der Waals surface area contributed by atoms with Gasteiger partial charge in [0.15, 0.2) is 5.65 Å². The maximum atomic E-state index is 4.47. The third-order valence-corrected chi connectivity index (χ3v) is 2.17. The summed E-state index contributed by atoms with van der Waals surface area (Å²) in [6, 6.07) is 0. The minimum absolute atomic E-state index is 0.472. The Labute approximate surface area is 77.4 Å². The molecule has 68 valence electrons. The van der Waals surface area contributed by atoms with Crippen molar-refractivity contribution in [1.29, 1.82) is 0 Å². The SMILES string of the molecule is Cc1cncc2nc(C(C)C)cn12. The topological polar surface area (TPSA) is 30.2 Å². The van der Waals surface area contributed by atoms with Gasteiger partial charge in [-0.2, -0.15) is 0 Å². The van der Waals surface area contributed by atoms with Crippen LogP contribution in [0.25, 0.3) is 5.65 Å². The first-order chi connectivity index (χ1) is 6.18. The summed E-state index contributed by atoms with van der Waals surface area (Å²) < 4.78 is 2.07. The molecule has 0 aliphatic heterocycles. The summed E-state index contributed by atoms with van der Waals surface area (Å²) in [5.74, 6) is 0.472. The monoisotopic (exact) mass is 175 g/mol. The second-order valence-electron chi connectivity index (χ2n) is 3.60. The number of hydrogen-bond donors (Lipinski definition) is 0. The van der Waals surface area contributed by atoms with E-state index in [1.54, 1.807) is 6.20 Å². The van der Waals surface area contributed by atoms with E-state index in [1.807, 2.05) is 13.1 Å². The van der Waals surface area contributed by atoms with E-state index in [-0.39, 0.29) is 0 Å². The van der Waals surface area contributed by atoms with E-state index in [0.717, 1.165) is 17.0 Å². The number of aryl methyl sites for hydroxylation is 1. The summed E-state index contributed by atoms with van der Waals surface area (Å²) in [5, 5.41) is 0. The van der Waals surface area contributed by atoms with Gasteiger partial charge in [0, 0.05) is 18.1 Å². The van der Waals surface area contributed by atoms with Crippen molar-refractivity contribution < 1.29 is 0 Å². The second kappa shape index (κ2) is 2.83. The maximum absolute atomic E-state index is 4.47. The summed E-state index contributed by atoms with van der Waals surface area (Å²) >= 11 is 0. The first kappa shape index (κ1) is 8.23. The highest BCUT2D eigenvalue weighted by atomic mass is 15.0. The molecule has 0 saturated carbocycles. The first-order valence-electron chi connectivity index (χ1n) is 4.48. The van der Waals surface area contributed by atoms with Crippen molar-refractivity contribution in [3.63, 3.8) is 0 Å². The molecule has 0 saturated heterocycles. The van der Waals surface area contributed by atoms with Crippen molar-refractivity contribution in [3.8, 4) is 0 Å². The number of fused-ring (bicyclic) bond motifs is 1. The number of imidazole rings is 1. The summed E-state index contributed by atoms with van der Waals surface area (Å²) in [6.45, 7) is 6.32. The number of hydrogen-bond acceptors (Lipinski definition) is 2. The quantitative estimate of drug-likeness (QED) is 0.664. The lowest BCUT2D eigenvalue weighted by atomic mass is 10.2. The summed E-state index contributed by atoms with van der Waals surface area (Å²) in [4.78, 5) is 8.58. The van der Waals surface area contributed by atoms with Crippen LogP contribution in [-0.2, 0) is 0 Å². The molecule has 0 unspecified atom stereocenters. The second-order valence-corrected chi connectivity index (χ2v) is 3.60. The summed E-state index contributed by atoms with van der Waals surface area (Å²) in [5.41, 5.74) is 3.18. The third kappa shape index (κ3) is 1.30. The van der Waals surface area contributed by atoms with Gasteiger partial charge < -0.3 is 4.40 Å². The molecule has 0 bridgehead atoms. The Bertz CT molecular complexity index is 429. The Morgan fingerprint density at radius 2 is 2.08 bits per heavy atom. The molecule has 0 aliphatic rings. The molecule has 13 heavy (non-hydrogen) atoms. The zero-order chi connectivity index (χ0) is 9.42. The number of nitrogens with zero attached hydrogens (tertiary/aromatic N) is 3. The van der Waals surface area contributed by atoms with Gasteiger partial charge in [0.2, 0.25) is 0 Å². The molecule has 0 aromatic carbocycles. The minimum atomic E-state index is 0.472. The van der Waals surface area contributed by atoms with Gasteiger partial charge in [-0.25, -0.2) is 4.98 Å². The molecule has 0 spiro atoms. The molecule has 2 aromatic heterocycles. The minimum Gasteiger partial charge on any atom is -0.301 e. The molecule has 0 atom stereocenters. The van der Waals surface area contributed by atoms with Crippen LogP contribution < -0.4 is 0 Å². The van der Waals surface area contributed by atoms with E-state index >= 15 is 0 Å². The molecular weight excluding hydrogens is 162 g/mol. The molecule has 0 fully saturated rings. The number of rotatable bonds is 1. The molecule has 0 N–H and O–H groups in total. The first-order valence-corrected chi connectivity index (χ1v) is 4.48. The Kier molecular flexibility index (Phi) is 1.79.